The summed E-state index contributed by atoms with van der Waals surface area (Å²) >= 11 is 6.07. The molecule has 0 spiro atoms. The smallest absolute Gasteiger partial charge is 0.327 e. The normalized spacial score (nSPS) is 10.8. The highest BCUT2D eigenvalue weighted by Gasteiger charge is 2.47. The molecule has 1 aromatic carbocycles. The molecule has 0 atom stereocenters. The molecule has 0 saturated heterocycles. The third-order valence-electron chi connectivity index (χ3n) is 2.90. The van der Waals surface area contributed by atoms with Crippen molar-refractivity contribution in [2.45, 2.75) is 12.3 Å². The summed E-state index contributed by atoms with van der Waals surface area (Å²) in [7, 11) is 3.86. The van der Waals surface area contributed by atoms with Gasteiger partial charge in [0.1, 0.15) is 5.75 Å². The highest BCUT2D eigenvalue weighted by molar-refractivity contribution is 6.32. The molecule has 0 saturated carbocycles. The fraction of sp³-hybridized carbons (Fsp3) is 0.385. The summed E-state index contributed by atoms with van der Waals surface area (Å²) < 4.78 is 14.4. The quantitative estimate of drug-likeness (QED) is 0.625. The summed E-state index contributed by atoms with van der Waals surface area (Å²) in [5.41, 5.74) is -1.37. The van der Waals surface area contributed by atoms with Crippen LogP contribution in [0.3, 0.4) is 0 Å². The Morgan fingerprint density at radius 3 is 2.05 bits per heavy atom. The third-order valence-corrected chi connectivity index (χ3v) is 3.23. The SMILES string of the molecule is COC(=O)C(C)(C(=O)OC)c1cc(OC)ccc1Cl. The van der Waals surface area contributed by atoms with Gasteiger partial charge in [0.2, 0.25) is 0 Å². The minimum absolute atomic E-state index is 0.249. The van der Waals surface area contributed by atoms with E-state index in [0.717, 1.165) is 0 Å². The first-order valence-corrected chi connectivity index (χ1v) is 5.80. The predicted molar refractivity (Wildman–Crippen MR) is 69.4 cm³/mol. The first-order valence-electron chi connectivity index (χ1n) is 5.42. The lowest BCUT2D eigenvalue weighted by Gasteiger charge is -2.25. The largest absolute Gasteiger partial charge is 0.497 e. The van der Waals surface area contributed by atoms with Crippen LogP contribution in [0, 0.1) is 0 Å². The molecule has 0 heterocycles. The van der Waals surface area contributed by atoms with Crippen molar-refractivity contribution in [3.8, 4) is 5.75 Å². The van der Waals surface area contributed by atoms with Crippen LogP contribution in [0.1, 0.15) is 12.5 Å². The lowest BCUT2D eigenvalue weighted by atomic mass is 9.82. The highest BCUT2D eigenvalue weighted by atomic mass is 35.5. The maximum absolute atomic E-state index is 12.0. The highest BCUT2D eigenvalue weighted by Crippen LogP contribution is 2.35. The van der Waals surface area contributed by atoms with E-state index in [-0.39, 0.29) is 10.6 Å². The van der Waals surface area contributed by atoms with Crippen LogP contribution in [0.2, 0.25) is 5.02 Å². The van der Waals surface area contributed by atoms with Crippen molar-refractivity contribution in [3.05, 3.63) is 28.8 Å². The third kappa shape index (κ3) is 2.66. The van der Waals surface area contributed by atoms with Gasteiger partial charge in [-0.1, -0.05) is 11.6 Å². The van der Waals surface area contributed by atoms with Crippen LogP contribution in [-0.4, -0.2) is 33.3 Å². The summed E-state index contributed by atoms with van der Waals surface area (Å²) in [6.45, 7) is 1.39. The second-order valence-corrected chi connectivity index (χ2v) is 4.36. The molecule has 0 amide bonds. The first-order chi connectivity index (χ1) is 8.91. The Hall–Kier alpha value is -1.75. The van der Waals surface area contributed by atoms with E-state index in [1.54, 1.807) is 12.1 Å². The van der Waals surface area contributed by atoms with Crippen molar-refractivity contribution in [1.29, 1.82) is 0 Å². The van der Waals surface area contributed by atoms with Gasteiger partial charge in [-0.15, -0.1) is 0 Å². The maximum atomic E-state index is 12.0. The monoisotopic (exact) mass is 286 g/mol. The van der Waals surface area contributed by atoms with Gasteiger partial charge in [0.15, 0.2) is 5.41 Å². The number of carbonyl (C=O) groups is 2. The van der Waals surface area contributed by atoms with Gasteiger partial charge in [-0.05, 0) is 25.1 Å². The van der Waals surface area contributed by atoms with Gasteiger partial charge in [-0.3, -0.25) is 9.59 Å². The standard InChI is InChI=1S/C13H15ClO5/c1-13(11(15)18-3,12(16)19-4)9-7-8(17-2)5-6-10(9)14/h5-7H,1-4H3. The van der Waals surface area contributed by atoms with Crippen LogP contribution < -0.4 is 4.74 Å². The molecule has 0 radical (unpaired) electrons. The molecule has 0 aromatic heterocycles. The van der Waals surface area contributed by atoms with Crippen molar-refractivity contribution in [2.24, 2.45) is 0 Å². The van der Waals surface area contributed by atoms with E-state index in [2.05, 4.69) is 9.47 Å². The van der Waals surface area contributed by atoms with E-state index in [1.165, 1.54) is 34.3 Å². The van der Waals surface area contributed by atoms with Crippen molar-refractivity contribution in [1.82, 2.24) is 0 Å². The molecular formula is C13H15ClO5. The van der Waals surface area contributed by atoms with Crippen molar-refractivity contribution in [3.63, 3.8) is 0 Å². The van der Waals surface area contributed by atoms with E-state index < -0.39 is 17.4 Å². The maximum Gasteiger partial charge on any atom is 0.327 e. The minimum atomic E-state index is -1.64. The fourth-order valence-corrected chi connectivity index (χ4v) is 2.03. The van der Waals surface area contributed by atoms with Crippen LogP contribution in [-0.2, 0) is 24.5 Å². The van der Waals surface area contributed by atoms with Crippen LogP contribution in [0.25, 0.3) is 0 Å². The van der Waals surface area contributed by atoms with Crippen LogP contribution in [0.4, 0.5) is 0 Å². The van der Waals surface area contributed by atoms with Crippen molar-refractivity contribution < 1.29 is 23.8 Å². The lowest BCUT2D eigenvalue weighted by molar-refractivity contribution is -0.160. The zero-order valence-electron chi connectivity index (χ0n) is 11.2. The topological polar surface area (TPSA) is 61.8 Å². The number of esters is 2. The number of rotatable bonds is 4. The fourth-order valence-electron chi connectivity index (χ4n) is 1.73. The van der Waals surface area contributed by atoms with Gasteiger partial charge in [0, 0.05) is 10.6 Å². The summed E-state index contributed by atoms with van der Waals surface area (Å²) in [6, 6.07) is 4.68. The average Bonchev–Trinajstić information content (AvgIpc) is 2.45. The summed E-state index contributed by atoms with van der Waals surface area (Å²) in [5, 5.41) is 0.249. The van der Waals surface area contributed by atoms with E-state index in [1.807, 2.05) is 0 Å². The van der Waals surface area contributed by atoms with E-state index in [9.17, 15) is 9.59 Å². The number of hydrogen-bond donors (Lipinski definition) is 0. The molecule has 19 heavy (non-hydrogen) atoms. The van der Waals surface area contributed by atoms with Gasteiger partial charge >= 0.3 is 11.9 Å². The molecular weight excluding hydrogens is 272 g/mol. The Labute approximate surface area is 116 Å². The lowest BCUT2D eigenvalue weighted by Crippen LogP contribution is -2.43. The van der Waals surface area contributed by atoms with Gasteiger partial charge in [-0.2, -0.15) is 0 Å². The molecule has 0 N–H and O–H groups in total. The number of ether oxygens (including phenoxy) is 3. The molecule has 0 fully saturated rings. The van der Waals surface area contributed by atoms with Crippen LogP contribution in [0.15, 0.2) is 18.2 Å². The van der Waals surface area contributed by atoms with Crippen molar-refractivity contribution >= 4 is 23.5 Å². The molecule has 0 aliphatic rings. The summed E-state index contributed by atoms with van der Waals surface area (Å²) in [4.78, 5) is 23.9. The Kier molecular flexibility index (Phi) is 4.78. The van der Waals surface area contributed by atoms with Gasteiger partial charge in [-0.25, -0.2) is 0 Å². The number of halogens is 1. The zero-order chi connectivity index (χ0) is 14.6. The van der Waals surface area contributed by atoms with Gasteiger partial charge in [0.25, 0.3) is 0 Å². The molecule has 1 rings (SSSR count). The number of hydrogen-bond acceptors (Lipinski definition) is 5. The molecule has 0 unspecified atom stereocenters. The second-order valence-electron chi connectivity index (χ2n) is 3.95. The molecule has 6 heteroatoms. The Morgan fingerprint density at radius 1 is 1.11 bits per heavy atom. The average molecular weight is 287 g/mol. The minimum Gasteiger partial charge on any atom is -0.497 e. The number of carbonyl (C=O) groups excluding carboxylic acids is 2. The Morgan fingerprint density at radius 2 is 1.63 bits per heavy atom. The summed E-state index contributed by atoms with van der Waals surface area (Å²) in [5.74, 6) is -1.04. The predicted octanol–water partition coefficient (Wildman–Crippen LogP) is 1.95. The molecule has 0 aliphatic heterocycles. The van der Waals surface area contributed by atoms with Crippen LogP contribution in [0.5, 0.6) is 5.75 Å². The number of methoxy groups -OCH3 is 3. The molecule has 0 bridgehead atoms. The molecule has 104 valence electrons. The van der Waals surface area contributed by atoms with E-state index in [0.29, 0.717) is 5.75 Å². The second kappa shape index (κ2) is 5.93. The van der Waals surface area contributed by atoms with E-state index in [4.69, 9.17) is 16.3 Å². The van der Waals surface area contributed by atoms with Gasteiger partial charge < -0.3 is 14.2 Å². The first kappa shape index (κ1) is 15.3. The number of benzene rings is 1. The van der Waals surface area contributed by atoms with E-state index >= 15 is 0 Å². The molecule has 0 aliphatic carbocycles. The molecule has 5 nitrogen and oxygen atoms in total. The molecule has 1 aromatic rings. The zero-order valence-corrected chi connectivity index (χ0v) is 11.9. The van der Waals surface area contributed by atoms with Crippen LogP contribution >= 0.6 is 11.6 Å². The Bertz CT molecular complexity index is 482. The van der Waals surface area contributed by atoms with Gasteiger partial charge in [0.05, 0.1) is 21.3 Å². The summed E-state index contributed by atoms with van der Waals surface area (Å²) in [6.07, 6.45) is 0. The van der Waals surface area contributed by atoms with Crippen molar-refractivity contribution in [2.75, 3.05) is 21.3 Å². The Balaban J connectivity index is 3.49.